The van der Waals surface area contributed by atoms with Gasteiger partial charge in [0, 0.05) is 17.9 Å². The van der Waals surface area contributed by atoms with Gasteiger partial charge in [0.1, 0.15) is 11.5 Å². The Morgan fingerprint density at radius 3 is 2.48 bits per heavy atom. The summed E-state index contributed by atoms with van der Waals surface area (Å²) in [4.78, 5) is 0. The van der Waals surface area contributed by atoms with Gasteiger partial charge in [-0.05, 0) is 54.7 Å². The second-order valence-electron chi connectivity index (χ2n) is 8.60. The number of fused-ring (bicyclic) bond motifs is 3. The zero-order valence-electron chi connectivity index (χ0n) is 16.8. The molecule has 0 aromatic rings. The topological polar surface area (TPSA) is 110 Å². The predicted molar refractivity (Wildman–Crippen MR) is 107 cm³/mol. The lowest BCUT2D eigenvalue weighted by Crippen LogP contribution is -2.52. The first-order valence-corrected chi connectivity index (χ1v) is 10.4. The van der Waals surface area contributed by atoms with Crippen LogP contribution in [0.3, 0.4) is 0 Å². The lowest BCUT2D eigenvalue weighted by atomic mass is 9.59. The van der Waals surface area contributed by atoms with Crippen LogP contribution in [0.2, 0.25) is 0 Å². The van der Waals surface area contributed by atoms with Gasteiger partial charge in [-0.3, -0.25) is 0 Å². The summed E-state index contributed by atoms with van der Waals surface area (Å²) in [6, 6.07) is 0. The first-order chi connectivity index (χ1) is 13.9. The van der Waals surface area contributed by atoms with E-state index in [0.717, 1.165) is 6.42 Å². The van der Waals surface area contributed by atoms with E-state index in [1.807, 2.05) is 0 Å². The normalized spacial score (nSPS) is 36.8. The molecule has 0 heterocycles. The molecule has 2 saturated carbocycles. The number of hydrogen-bond donors (Lipinski definition) is 5. The highest BCUT2D eigenvalue weighted by Gasteiger charge is 2.55. The monoisotopic (exact) mass is 402 g/mol. The average Bonchev–Trinajstić information content (AvgIpc) is 2.74. The van der Waals surface area contributed by atoms with E-state index in [1.54, 1.807) is 7.11 Å². The quantitative estimate of drug-likeness (QED) is 0.464. The van der Waals surface area contributed by atoms with Crippen molar-refractivity contribution in [2.45, 2.75) is 50.7 Å². The van der Waals surface area contributed by atoms with Crippen molar-refractivity contribution in [3.05, 3.63) is 51.9 Å². The molecule has 158 valence electrons. The number of rotatable bonds is 3. The van der Waals surface area contributed by atoms with Crippen LogP contribution in [-0.4, -0.2) is 51.5 Å². The summed E-state index contributed by atoms with van der Waals surface area (Å²) >= 11 is 0. The van der Waals surface area contributed by atoms with Gasteiger partial charge in [-0.15, -0.1) is 5.73 Å². The standard InChI is InChI=1S/C23H30O6/c1-3-11(10-24)12-7-8-13-15(9-12)22(27)18-19(20(13)25)23(28)17-14(21(18)26)5-4-6-16(17)29-2/h12,14,18-19,21,23-28H,1,4-10H2,2H3. The van der Waals surface area contributed by atoms with Gasteiger partial charge in [-0.1, -0.05) is 6.58 Å². The number of ether oxygens (including phenoxy) is 1. The maximum Gasteiger partial charge on any atom is 0.103 e. The second-order valence-corrected chi connectivity index (χ2v) is 8.60. The van der Waals surface area contributed by atoms with Crippen LogP contribution in [0.25, 0.3) is 0 Å². The average molecular weight is 402 g/mol. The van der Waals surface area contributed by atoms with E-state index in [2.05, 4.69) is 12.3 Å². The van der Waals surface area contributed by atoms with Crippen molar-refractivity contribution in [3.8, 4) is 0 Å². The van der Waals surface area contributed by atoms with Crippen LogP contribution in [0.5, 0.6) is 0 Å². The number of allylic oxidation sites excluding steroid dienone is 3. The number of methoxy groups -OCH3 is 1. The van der Waals surface area contributed by atoms with E-state index in [-0.39, 0.29) is 30.0 Å². The van der Waals surface area contributed by atoms with Gasteiger partial charge in [0.15, 0.2) is 0 Å². The molecule has 4 rings (SSSR count). The van der Waals surface area contributed by atoms with E-state index in [1.165, 1.54) is 0 Å². The van der Waals surface area contributed by atoms with Crippen LogP contribution in [-0.2, 0) is 4.74 Å². The Hall–Kier alpha value is -1.98. The van der Waals surface area contributed by atoms with Gasteiger partial charge >= 0.3 is 0 Å². The highest BCUT2D eigenvalue weighted by Crippen LogP contribution is 2.54. The van der Waals surface area contributed by atoms with Crippen LogP contribution in [0, 0.1) is 23.7 Å². The Balaban J connectivity index is 1.78. The number of aliphatic hydroxyl groups excluding tert-OH is 5. The van der Waals surface area contributed by atoms with E-state index < -0.39 is 24.0 Å². The molecule has 0 aliphatic heterocycles. The van der Waals surface area contributed by atoms with E-state index >= 15 is 0 Å². The molecule has 0 radical (unpaired) electrons. The summed E-state index contributed by atoms with van der Waals surface area (Å²) in [5.41, 5.74) is 5.43. The Labute approximate surface area is 170 Å². The molecule has 0 spiro atoms. The maximum atomic E-state index is 11.2. The maximum absolute atomic E-state index is 11.2. The van der Waals surface area contributed by atoms with Crippen molar-refractivity contribution in [3.63, 3.8) is 0 Å². The summed E-state index contributed by atoms with van der Waals surface area (Å²) in [6.07, 6.45) is 2.01. The fraction of sp³-hybridized carbons (Fsp3) is 0.609. The molecule has 4 aliphatic rings. The third kappa shape index (κ3) is 2.98. The molecule has 6 unspecified atom stereocenters. The lowest BCUT2D eigenvalue weighted by molar-refractivity contribution is -0.0541. The Kier molecular flexibility index (Phi) is 5.38. The molecule has 2 fully saturated rings. The molecule has 0 aromatic carbocycles. The summed E-state index contributed by atoms with van der Waals surface area (Å²) < 4.78 is 5.49. The predicted octanol–water partition coefficient (Wildman–Crippen LogP) is 2.80. The summed E-state index contributed by atoms with van der Waals surface area (Å²) in [6.45, 7) is 3.50. The molecular weight excluding hydrogens is 372 g/mol. The van der Waals surface area contributed by atoms with Crippen molar-refractivity contribution in [2.24, 2.45) is 23.7 Å². The van der Waals surface area contributed by atoms with Gasteiger partial charge < -0.3 is 30.3 Å². The second kappa shape index (κ2) is 7.69. The fourth-order valence-corrected chi connectivity index (χ4v) is 5.96. The first-order valence-electron chi connectivity index (χ1n) is 10.4. The molecular formula is C23H30O6. The molecule has 0 amide bonds. The Morgan fingerprint density at radius 1 is 1.10 bits per heavy atom. The minimum absolute atomic E-state index is 0.0151. The molecule has 6 heteroatoms. The van der Waals surface area contributed by atoms with Gasteiger partial charge in [0.05, 0.1) is 43.5 Å². The van der Waals surface area contributed by atoms with E-state index in [0.29, 0.717) is 60.2 Å². The smallest absolute Gasteiger partial charge is 0.103 e. The minimum Gasteiger partial charge on any atom is -0.512 e. The van der Waals surface area contributed by atoms with Crippen LogP contribution in [0.4, 0.5) is 0 Å². The zero-order chi connectivity index (χ0) is 20.9. The minimum atomic E-state index is -1.00. The van der Waals surface area contributed by atoms with E-state index in [9.17, 15) is 25.5 Å². The van der Waals surface area contributed by atoms with Crippen LogP contribution in [0.1, 0.15) is 38.5 Å². The molecule has 5 N–H and O–H groups in total. The van der Waals surface area contributed by atoms with Crippen molar-refractivity contribution in [2.75, 3.05) is 13.7 Å². The van der Waals surface area contributed by atoms with Crippen molar-refractivity contribution >= 4 is 0 Å². The largest absolute Gasteiger partial charge is 0.512 e. The van der Waals surface area contributed by atoms with Crippen molar-refractivity contribution in [1.29, 1.82) is 0 Å². The molecule has 6 atom stereocenters. The number of aliphatic hydroxyl groups is 5. The van der Waals surface area contributed by atoms with Gasteiger partial charge in [0.2, 0.25) is 0 Å². The fourth-order valence-electron chi connectivity index (χ4n) is 5.96. The number of hydrogen-bond acceptors (Lipinski definition) is 6. The molecule has 4 aliphatic carbocycles. The summed E-state index contributed by atoms with van der Waals surface area (Å²) in [5.74, 6) is -1.03. The SMILES string of the molecule is C=C=C(CO)C1CCC2=C(O)C3C(O)C4=C(OC)CCCC4C(O)C3C(O)=C2C1. The van der Waals surface area contributed by atoms with Crippen LogP contribution >= 0.6 is 0 Å². The van der Waals surface area contributed by atoms with Crippen LogP contribution in [0.15, 0.2) is 51.9 Å². The molecule has 0 aromatic heterocycles. The molecule has 29 heavy (non-hydrogen) atoms. The van der Waals surface area contributed by atoms with Gasteiger partial charge in [0.25, 0.3) is 0 Å². The molecule has 6 nitrogen and oxygen atoms in total. The zero-order valence-corrected chi connectivity index (χ0v) is 16.8. The van der Waals surface area contributed by atoms with Crippen molar-refractivity contribution < 1.29 is 30.3 Å². The van der Waals surface area contributed by atoms with Gasteiger partial charge in [-0.25, -0.2) is 0 Å². The van der Waals surface area contributed by atoms with Crippen LogP contribution < -0.4 is 0 Å². The molecule has 0 saturated heterocycles. The third-order valence-corrected chi connectivity index (χ3v) is 7.41. The third-order valence-electron chi connectivity index (χ3n) is 7.41. The molecule has 0 bridgehead atoms. The first kappa shape index (κ1) is 20.3. The van der Waals surface area contributed by atoms with Gasteiger partial charge in [-0.2, -0.15) is 0 Å². The lowest BCUT2D eigenvalue weighted by Gasteiger charge is -2.49. The Bertz CT molecular complexity index is 843. The summed E-state index contributed by atoms with van der Waals surface area (Å²) in [7, 11) is 1.57. The van der Waals surface area contributed by atoms with Crippen molar-refractivity contribution in [1.82, 2.24) is 0 Å². The summed E-state index contributed by atoms with van der Waals surface area (Å²) in [5, 5.41) is 54.2. The Morgan fingerprint density at radius 2 is 1.83 bits per heavy atom. The van der Waals surface area contributed by atoms with E-state index in [4.69, 9.17) is 4.74 Å². The highest BCUT2D eigenvalue weighted by atomic mass is 16.5. The highest BCUT2D eigenvalue weighted by molar-refractivity contribution is 5.47.